The van der Waals surface area contributed by atoms with Gasteiger partial charge in [-0.2, -0.15) is 5.26 Å². The molecule has 0 spiro atoms. The molecule has 98 valence electrons. The number of rotatable bonds is 1. The first kappa shape index (κ1) is 11.5. The van der Waals surface area contributed by atoms with Crippen LogP contribution in [0.5, 0.6) is 0 Å². The summed E-state index contributed by atoms with van der Waals surface area (Å²) in [6.07, 6.45) is 8.99. The average Bonchev–Trinajstić information content (AvgIpc) is 2.39. The number of aromatic nitrogens is 1. The highest BCUT2D eigenvalue weighted by atomic mass is 14.7. The molecule has 19 heavy (non-hydrogen) atoms. The Bertz CT molecular complexity index is 527. The zero-order valence-electron chi connectivity index (χ0n) is 11.5. The molecule has 5 rings (SSSR count). The van der Waals surface area contributed by atoms with E-state index >= 15 is 0 Å². The number of nitrogens with zero attached hydrogens (tertiary/aromatic N) is 2. The fourth-order valence-electron chi connectivity index (χ4n) is 5.37. The summed E-state index contributed by atoms with van der Waals surface area (Å²) in [5, 5.41) is 8.98. The molecular weight excluding hydrogens is 232 g/mol. The molecule has 4 aliphatic carbocycles. The molecule has 0 aliphatic heterocycles. The van der Waals surface area contributed by atoms with Gasteiger partial charge in [0.15, 0.2) is 0 Å². The highest BCUT2D eigenvalue weighted by molar-refractivity contribution is 5.34. The van der Waals surface area contributed by atoms with E-state index in [1.165, 1.54) is 43.4 Å². The van der Waals surface area contributed by atoms with Gasteiger partial charge in [0.1, 0.15) is 6.07 Å². The first-order valence-corrected chi connectivity index (χ1v) is 7.61. The number of hydrogen-bond acceptors (Lipinski definition) is 2. The third kappa shape index (κ3) is 1.71. The standard InChI is InChI=1S/C17H20N2/c1-10-2-13(8-18)9-19-17(10)16-14-4-11-3-12(6-14)7-15(16)5-11/h2,9,11-12,14-16H,3-7H2,1H3. The second-order valence-corrected chi connectivity index (χ2v) is 6.99. The Morgan fingerprint density at radius 3 is 2.26 bits per heavy atom. The van der Waals surface area contributed by atoms with E-state index < -0.39 is 0 Å². The minimum absolute atomic E-state index is 0.681. The second kappa shape index (κ2) is 4.07. The maximum Gasteiger partial charge on any atom is 0.101 e. The van der Waals surface area contributed by atoms with E-state index in [9.17, 15) is 0 Å². The van der Waals surface area contributed by atoms with Gasteiger partial charge in [0.05, 0.1) is 5.56 Å². The van der Waals surface area contributed by atoms with E-state index in [1.54, 1.807) is 6.20 Å². The molecule has 1 aromatic heterocycles. The molecule has 0 N–H and O–H groups in total. The number of nitriles is 1. The molecule has 0 unspecified atom stereocenters. The quantitative estimate of drug-likeness (QED) is 0.762. The van der Waals surface area contributed by atoms with Gasteiger partial charge in [-0.1, -0.05) is 0 Å². The maximum absolute atomic E-state index is 8.98. The average molecular weight is 252 g/mol. The van der Waals surface area contributed by atoms with Crippen LogP contribution in [0.3, 0.4) is 0 Å². The lowest BCUT2D eigenvalue weighted by atomic mass is 9.51. The molecule has 4 fully saturated rings. The van der Waals surface area contributed by atoms with Crippen LogP contribution in [-0.2, 0) is 0 Å². The Morgan fingerprint density at radius 1 is 1.11 bits per heavy atom. The molecular formula is C17H20N2. The Kier molecular flexibility index (Phi) is 2.45. The van der Waals surface area contributed by atoms with Gasteiger partial charge in [-0.05, 0) is 74.3 Å². The van der Waals surface area contributed by atoms with Crippen LogP contribution in [0.25, 0.3) is 0 Å². The Morgan fingerprint density at radius 2 is 1.74 bits per heavy atom. The van der Waals surface area contributed by atoms with E-state index in [4.69, 9.17) is 5.26 Å². The van der Waals surface area contributed by atoms with E-state index in [0.717, 1.165) is 23.7 Å². The van der Waals surface area contributed by atoms with E-state index in [1.807, 2.05) is 6.07 Å². The summed E-state index contributed by atoms with van der Waals surface area (Å²) in [5.41, 5.74) is 3.23. The van der Waals surface area contributed by atoms with Gasteiger partial charge in [-0.25, -0.2) is 0 Å². The van der Waals surface area contributed by atoms with Crippen molar-refractivity contribution in [1.82, 2.24) is 4.98 Å². The first-order chi connectivity index (χ1) is 9.24. The molecule has 2 nitrogen and oxygen atoms in total. The van der Waals surface area contributed by atoms with Crippen LogP contribution in [-0.4, -0.2) is 4.98 Å². The van der Waals surface area contributed by atoms with Gasteiger partial charge in [-0.3, -0.25) is 4.98 Å². The molecule has 1 aromatic rings. The zero-order chi connectivity index (χ0) is 13.0. The second-order valence-electron chi connectivity index (χ2n) is 6.99. The summed E-state index contributed by atoms with van der Waals surface area (Å²) in [6.45, 7) is 2.13. The van der Waals surface area contributed by atoms with Gasteiger partial charge in [0.25, 0.3) is 0 Å². The zero-order valence-corrected chi connectivity index (χ0v) is 11.5. The number of aryl methyl sites for hydroxylation is 1. The monoisotopic (exact) mass is 252 g/mol. The molecule has 0 atom stereocenters. The van der Waals surface area contributed by atoms with Crippen LogP contribution in [0.2, 0.25) is 0 Å². The van der Waals surface area contributed by atoms with Crippen LogP contribution < -0.4 is 0 Å². The Balaban J connectivity index is 1.71. The van der Waals surface area contributed by atoms with Gasteiger partial charge in [0, 0.05) is 17.8 Å². The minimum Gasteiger partial charge on any atom is -0.259 e. The first-order valence-electron chi connectivity index (χ1n) is 7.61. The van der Waals surface area contributed by atoms with Crippen molar-refractivity contribution < 1.29 is 0 Å². The van der Waals surface area contributed by atoms with Crippen LogP contribution in [0.15, 0.2) is 12.3 Å². The topological polar surface area (TPSA) is 36.7 Å². The number of hydrogen-bond donors (Lipinski definition) is 0. The van der Waals surface area contributed by atoms with Gasteiger partial charge in [-0.15, -0.1) is 0 Å². The third-order valence-corrected chi connectivity index (χ3v) is 5.79. The lowest BCUT2D eigenvalue weighted by molar-refractivity contribution is -0.00437. The van der Waals surface area contributed by atoms with Crippen LogP contribution in [0.4, 0.5) is 0 Å². The molecule has 0 radical (unpaired) electrons. The van der Waals surface area contributed by atoms with Crippen LogP contribution >= 0.6 is 0 Å². The molecule has 2 heteroatoms. The number of pyridine rings is 1. The van der Waals surface area contributed by atoms with Crippen molar-refractivity contribution in [3.8, 4) is 6.07 Å². The summed E-state index contributed by atoms with van der Waals surface area (Å²) in [6, 6.07) is 4.22. The molecule has 1 heterocycles. The summed E-state index contributed by atoms with van der Waals surface area (Å²) < 4.78 is 0. The predicted octanol–water partition coefficient (Wildman–Crippen LogP) is 3.80. The highest BCUT2D eigenvalue weighted by Gasteiger charge is 2.49. The van der Waals surface area contributed by atoms with Crippen LogP contribution in [0, 0.1) is 41.9 Å². The lowest BCUT2D eigenvalue weighted by Crippen LogP contribution is -2.44. The summed E-state index contributed by atoms with van der Waals surface area (Å²) >= 11 is 0. The summed E-state index contributed by atoms with van der Waals surface area (Å²) in [5.74, 6) is 4.45. The fraction of sp³-hybridized carbons (Fsp3) is 0.647. The fourth-order valence-corrected chi connectivity index (χ4v) is 5.37. The van der Waals surface area contributed by atoms with E-state index in [2.05, 4.69) is 18.0 Å². The Labute approximate surface area is 114 Å². The van der Waals surface area contributed by atoms with Crippen molar-refractivity contribution in [3.63, 3.8) is 0 Å². The van der Waals surface area contributed by atoms with Gasteiger partial charge >= 0.3 is 0 Å². The highest BCUT2D eigenvalue weighted by Crippen LogP contribution is 2.59. The molecule has 4 aliphatic rings. The molecule has 0 aromatic carbocycles. The van der Waals surface area contributed by atoms with Crippen molar-refractivity contribution in [2.45, 2.75) is 44.9 Å². The SMILES string of the molecule is Cc1cc(C#N)cnc1C1C2CC3CC(C2)CC1C3. The van der Waals surface area contributed by atoms with Crippen molar-refractivity contribution >= 4 is 0 Å². The minimum atomic E-state index is 0.681. The predicted molar refractivity (Wildman–Crippen MR) is 73.5 cm³/mol. The van der Waals surface area contributed by atoms with Gasteiger partial charge < -0.3 is 0 Å². The van der Waals surface area contributed by atoms with E-state index in [-0.39, 0.29) is 0 Å². The van der Waals surface area contributed by atoms with Crippen LogP contribution in [0.1, 0.15) is 54.8 Å². The smallest absolute Gasteiger partial charge is 0.101 e. The maximum atomic E-state index is 8.98. The Hall–Kier alpha value is -1.36. The molecule has 0 amide bonds. The third-order valence-electron chi connectivity index (χ3n) is 5.79. The van der Waals surface area contributed by atoms with E-state index in [0.29, 0.717) is 11.5 Å². The summed E-state index contributed by atoms with van der Waals surface area (Å²) in [7, 11) is 0. The molecule has 4 saturated carbocycles. The van der Waals surface area contributed by atoms with Crippen molar-refractivity contribution in [1.29, 1.82) is 5.26 Å². The van der Waals surface area contributed by atoms with Gasteiger partial charge in [0.2, 0.25) is 0 Å². The molecule has 0 saturated heterocycles. The van der Waals surface area contributed by atoms with Crippen molar-refractivity contribution in [2.75, 3.05) is 0 Å². The largest absolute Gasteiger partial charge is 0.259 e. The lowest BCUT2D eigenvalue weighted by Gasteiger charge is -2.54. The van der Waals surface area contributed by atoms with Crippen molar-refractivity contribution in [3.05, 3.63) is 29.1 Å². The molecule has 4 bridgehead atoms. The summed E-state index contributed by atoms with van der Waals surface area (Å²) in [4.78, 5) is 4.67. The normalized spacial score (nSPS) is 39.3. The van der Waals surface area contributed by atoms with Crippen molar-refractivity contribution in [2.24, 2.45) is 23.7 Å².